The topological polar surface area (TPSA) is 69.7 Å². The first-order chi connectivity index (χ1) is 17.8. The van der Waals surface area contributed by atoms with Crippen LogP contribution in [0.15, 0.2) is 60.7 Å². The normalized spacial score (nSPS) is 14.1. The van der Waals surface area contributed by atoms with Gasteiger partial charge in [-0.15, -0.1) is 0 Å². The third kappa shape index (κ3) is 5.80. The van der Waals surface area contributed by atoms with Gasteiger partial charge >= 0.3 is 0 Å². The van der Waals surface area contributed by atoms with Crippen molar-refractivity contribution in [2.45, 2.75) is 65.1 Å². The fraction of sp³-hybridized carbons (Fsp3) is 0.367. The van der Waals surface area contributed by atoms with Crippen LogP contribution in [0.2, 0.25) is 5.02 Å². The molecule has 194 valence electrons. The van der Waals surface area contributed by atoms with E-state index in [1.54, 1.807) is 21.9 Å². The third-order valence-corrected chi connectivity index (χ3v) is 7.33. The fourth-order valence-electron chi connectivity index (χ4n) is 4.88. The van der Waals surface area contributed by atoms with Crippen molar-refractivity contribution in [3.63, 3.8) is 0 Å². The van der Waals surface area contributed by atoms with Crippen LogP contribution < -0.4 is 10.2 Å². The summed E-state index contributed by atoms with van der Waals surface area (Å²) < 4.78 is 0. The van der Waals surface area contributed by atoms with Gasteiger partial charge in [0, 0.05) is 41.5 Å². The Kier molecular flexibility index (Phi) is 8.49. The highest BCUT2D eigenvalue weighted by Crippen LogP contribution is 2.37. The first-order valence-corrected chi connectivity index (χ1v) is 13.4. The zero-order valence-corrected chi connectivity index (χ0v) is 22.4. The monoisotopic (exact) mass is 519 g/mol. The van der Waals surface area contributed by atoms with Crippen LogP contribution in [0.4, 0.5) is 5.69 Å². The van der Waals surface area contributed by atoms with Crippen molar-refractivity contribution in [2.24, 2.45) is 0 Å². The number of halogens is 1. The summed E-state index contributed by atoms with van der Waals surface area (Å²) in [6.07, 6.45) is 2.04. The van der Waals surface area contributed by atoms with E-state index < -0.39 is 6.04 Å². The van der Waals surface area contributed by atoms with E-state index in [2.05, 4.69) is 5.32 Å². The highest BCUT2D eigenvalue weighted by molar-refractivity contribution is 6.30. The lowest BCUT2D eigenvalue weighted by Crippen LogP contribution is -2.50. The molecule has 3 amide bonds. The van der Waals surface area contributed by atoms with E-state index in [4.69, 9.17) is 11.6 Å². The van der Waals surface area contributed by atoms with E-state index in [1.165, 1.54) is 0 Å². The number of nitrogens with zero attached hydrogens (tertiary/aromatic N) is 2. The minimum atomic E-state index is -0.580. The van der Waals surface area contributed by atoms with Gasteiger partial charge < -0.3 is 15.1 Å². The predicted molar refractivity (Wildman–Crippen MR) is 149 cm³/mol. The van der Waals surface area contributed by atoms with E-state index in [0.29, 0.717) is 36.5 Å². The summed E-state index contributed by atoms with van der Waals surface area (Å²) in [7, 11) is 0. The Labute approximate surface area is 223 Å². The molecule has 1 heterocycles. The molecular weight excluding hydrogens is 486 g/mol. The molecule has 3 aromatic carbocycles. The summed E-state index contributed by atoms with van der Waals surface area (Å²) in [5.41, 5.74) is 2.50. The second-order valence-corrected chi connectivity index (χ2v) is 10.1. The summed E-state index contributed by atoms with van der Waals surface area (Å²) in [5.74, 6) is -0.281. The molecular formula is C30H34ClN3O3. The van der Waals surface area contributed by atoms with Gasteiger partial charge in [-0.2, -0.15) is 0 Å². The van der Waals surface area contributed by atoms with Crippen molar-refractivity contribution in [1.82, 2.24) is 10.2 Å². The Balaban J connectivity index is 1.48. The Hall–Kier alpha value is -3.38. The number of carbonyl (C=O) groups is 3. The lowest BCUT2D eigenvalue weighted by Gasteiger charge is -2.31. The molecule has 0 aliphatic carbocycles. The number of hydrogen-bond donors (Lipinski definition) is 1. The molecule has 0 spiro atoms. The molecule has 0 saturated carbocycles. The van der Waals surface area contributed by atoms with Gasteiger partial charge in [-0.3, -0.25) is 14.4 Å². The number of nitrogens with one attached hydrogen (secondary N) is 1. The first kappa shape index (κ1) is 26.7. The number of rotatable bonds is 11. The maximum absolute atomic E-state index is 13.6. The highest BCUT2D eigenvalue weighted by atomic mass is 35.5. The van der Waals surface area contributed by atoms with Crippen LogP contribution in [0.3, 0.4) is 0 Å². The molecule has 0 unspecified atom stereocenters. The van der Waals surface area contributed by atoms with Crippen LogP contribution in [0, 0.1) is 0 Å². The SMILES string of the molecule is CC[C@H](C(=O)N[C@@H](C)CC)N(Cc1ccc(Cl)cc1)C(=O)CCCN1C(=O)c2cccc3cccc1c23. The molecule has 0 saturated heterocycles. The van der Waals surface area contributed by atoms with Crippen LogP contribution in [0.25, 0.3) is 10.8 Å². The highest BCUT2D eigenvalue weighted by Gasteiger charge is 2.31. The average molecular weight is 520 g/mol. The van der Waals surface area contributed by atoms with Crippen molar-refractivity contribution in [2.75, 3.05) is 11.4 Å². The lowest BCUT2D eigenvalue weighted by molar-refractivity contribution is -0.141. The number of benzene rings is 3. The van der Waals surface area contributed by atoms with Crippen molar-refractivity contribution in [3.05, 3.63) is 76.8 Å². The molecule has 4 rings (SSSR count). The van der Waals surface area contributed by atoms with E-state index in [9.17, 15) is 14.4 Å². The molecule has 0 fully saturated rings. The largest absolute Gasteiger partial charge is 0.352 e. The molecule has 7 heteroatoms. The maximum Gasteiger partial charge on any atom is 0.258 e. The predicted octanol–water partition coefficient (Wildman–Crippen LogP) is 5.96. The molecule has 2 atom stereocenters. The Morgan fingerprint density at radius 3 is 2.38 bits per heavy atom. The number of amides is 3. The van der Waals surface area contributed by atoms with Gasteiger partial charge in [0.2, 0.25) is 11.8 Å². The smallest absolute Gasteiger partial charge is 0.258 e. The average Bonchev–Trinajstić information content (AvgIpc) is 3.17. The summed E-state index contributed by atoms with van der Waals surface area (Å²) >= 11 is 6.05. The Bertz CT molecular complexity index is 1290. The lowest BCUT2D eigenvalue weighted by atomic mass is 10.1. The van der Waals surface area contributed by atoms with Crippen LogP contribution >= 0.6 is 11.6 Å². The molecule has 1 aliphatic rings. The summed E-state index contributed by atoms with van der Waals surface area (Å²) in [4.78, 5) is 43.2. The van der Waals surface area contributed by atoms with Gasteiger partial charge in [0.1, 0.15) is 6.04 Å². The van der Waals surface area contributed by atoms with E-state index in [-0.39, 0.29) is 30.2 Å². The van der Waals surface area contributed by atoms with Crippen LogP contribution in [0.1, 0.15) is 62.4 Å². The minimum Gasteiger partial charge on any atom is -0.352 e. The zero-order chi connectivity index (χ0) is 26.5. The molecule has 37 heavy (non-hydrogen) atoms. The Morgan fingerprint density at radius 1 is 1.00 bits per heavy atom. The van der Waals surface area contributed by atoms with Crippen molar-refractivity contribution in [1.29, 1.82) is 0 Å². The van der Waals surface area contributed by atoms with Gasteiger partial charge in [0.25, 0.3) is 5.91 Å². The fourth-order valence-corrected chi connectivity index (χ4v) is 5.01. The number of hydrogen-bond acceptors (Lipinski definition) is 3. The zero-order valence-electron chi connectivity index (χ0n) is 21.7. The molecule has 1 N–H and O–H groups in total. The standard InChI is InChI=1S/C30H34ClN3O3/c1-4-20(3)32-29(36)25(5-2)34(19-21-14-16-23(31)17-15-21)27(35)13-8-18-33-26-12-7-10-22-9-6-11-24(28(22)26)30(33)37/h6-7,9-12,14-17,20,25H,4-5,8,13,18-19H2,1-3H3,(H,32,36)/t20-,25+/m0/s1. The molecule has 0 radical (unpaired) electrons. The molecule has 3 aromatic rings. The van der Waals surface area contributed by atoms with Crippen LogP contribution in [-0.4, -0.2) is 41.2 Å². The van der Waals surface area contributed by atoms with Crippen molar-refractivity contribution < 1.29 is 14.4 Å². The van der Waals surface area contributed by atoms with E-state index in [0.717, 1.165) is 28.4 Å². The molecule has 6 nitrogen and oxygen atoms in total. The Morgan fingerprint density at radius 2 is 1.70 bits per heavy atom. The van der Waals surface area contributed by atoms with Gasteiger partial charge in [0.05, 0.1) is 5.69 Å². The first-order valence-electron chi connectivity index (χ1n) is 13.0. The molecule has 0 bridgehead atoms. The van der Waals surface area contributed by atoms with Gasteiger partial charge in [-0.05, 0) is 61.4 Å². The van der Waals surface area contributed by atoms with Gasteiger partial charge in [0.15, 0.2) is 0 Å². The molecule has 0 aromatic heterocycles. The van der Waals surface area contributed by atoms with Gasteiger partial charge in [-0.1, -0.05) is 61.8 Å². The van der Waals surface area contributed by atoms with Crippen molar-refractivity contribution in [3.8, 4) is 0 Å². The van der Waals surface area contributed by atoms with Crippen molar-refractivity contribution >= 4 is 45.8 Å². The summed E-state index contributed by atoms with van der Waals surface area (Å²) in [6.45, 7) is 6.64. The quantitative estimate of drug-likeness (QED) is 0.340. The minimum absolute atomic E-state index is 0.0274. The van der Waals surface area contributed by atoms with Crippen LogP contribution in [0.5, 0.6) is 0 Å². The second-order valence-electron chi connectivity index (χ2n) is 9.63. The van der Waals surface area contributed by atoms with Gasteiger partial charge in [-0.25, -0.2) is 0 Å². The summed E-state index contributed by atoms with van der Waals surface area (Å²) in [5, 5.41) is 5.66. The maximum atomic E-state index is 13.6. The number of anilines is 1. The van der Waals surface area contributed by atoms with E-state index >= 15 is 0 Å². The number of carbonyl (C=O) groups excluding carboxylic acids is 3. The van der Waals surface area contributed by atoms with E-state index in [1.807, 2.05) is 69.3 Å². The second kappa shape index (κ2) is 11.8. The molecule has 1 aliphatic heterocycles. The summed E-state index contributed by atoms with van der Waals surface area (Å²) in [6, 6.07) is 18.5. The van der Waals surface area contributed by atoms with Crippen LogP contribution in [-0.2, 0) is 16.1 Å². The third-order valence-electron chi connectivity index (χ3n) is 7.07.